The van der Waals surface area contributed by atoms with Gasteiger partial charge < -0.3 is 4.74 Å². The number of carbonyl (C=O) groups excluding carboxylic acids is 2. The zero-order valence-electron chi connectivity index (χ0n) is 15.0. The number of nitrogens with zero attached hydrogens (tertiary/aromatic N) is 1. The van der Waals surface area contributed by atoms with E-state index in [2.05, 4.69) is 0 Å². The van der Waals surface area contributed by atoms with Gasteiger partial charge >= 0.3 is 5.97 Å². The molecule has 3 rings (SSSR count). The van der Waals surface area contributed by atoms with Crippen LogP contribution in [0.2, 0.25) is 15.1 Å². The molecule has 1 saturated heterocycles. The molecule has 0 aromatic heterocycles. The van der Waals surface area contributed by atoms with Crippen molar-refractivity contribution < 1.29 is 22.7 Å². The first-order chi connectivity index (χ1) is 13.7. The van der Waals surface area contributed by atoms with E-state index in [0.29, 0.717) is 18.1 Å². The molecule has 0 bridgehead atoms. The maximum Gasteiger partial charge on any atom is 0.338 e. The van der Waals surface area contributed by atoms with Crippen LogP contribution in [-0.4, -0.2) is 44.2 Å². The van der Waals surface area contributed by atoms with Gasteiger partial charge in [0.1, 0.15) is 4.90 Å². The number of ketones is 1. The molecule has 1 aliphatic heterocycles. The van der Waals surface area contributed by atoms with Gasteiger partial charge in [-0.05, 0) is 49.2 Å². The third-order valence-electron chi connectivity index (χ3n) is 4.41. The number of esters is 1. The number of sulfonamides is 1. The van der Waals surface area contributed by atoms with Crippen LogP contribution in [0.4, 0.5) is 0 Å². The van der Waals surface area contributed by atoms with Crippen LogP contribution >= 0.6 is 34.8 Å². The van der Waals surface area contributed by atoms with Crippen LogP contribution in [0, 0.1) is 0 Å². The minimum atomic E-state index is -3.82. The Bertz CT molecular complexity index is 1070. The van der Waals surface area contributed by atoms with Crippen LogP contribution < -0.4 is 0 Å². The van der Waals surface area contributed by atoms with Crippen LogP contribution in [0.5, 0.6) is 0 Å². The maximum absolute atomic E-state index is 12.8. The van der Waals surface area contributed by atoms with Crippen molar-refractivity contribution in [1.82, 2.24) is 4.31 Å². The first kappa shape index (κ1) is 22.1. The van der Waals surface area contributed by atoms with Gasteiger partial charge in [0.25, 0.3) is 0 Å². The van der Waals surface area contributed by atoms with Gasteiger partial charge in [-0.3, -0.25) is 4.79 Å². The highest BCUT2D eigenvalue weighted by molar-refractivity contribution is 7.89. The van der Waals surface area contributed by atoms with Crippen molar-refractivity contribution in [3.8, 4) is 0 Å². The standard InChI is InChI=1S/C19H16Cl3NO5S/c20-13-4-6-15(21)14(10-13)17(24)11-28-19(25)12-3-5-16(22)18(9-12)29(26,27)23-7-1-2-8-23/h3-6,9-10H,1-2,7-8,11H2. The summed E-state index contributed by atoms with van der Waals surface area (Å²) < 4.78 is 31.9. The zero-order valence-corrected chi connectivity index (χ0v) is 18.1. The summed E-state index contributed by atoms with van der Waals surface area (Å²) in [7, 11) is -3.82. The molecule has 1 fully saturated rings. The molecular formula is C19H16Cl3NO5S. The molecule has 0 aliphatic carbocycles. The van der Waals surface area contributed by atoms with Crippen LogP contribution in [0.3, 0.4) is 0 Å². The second-order valence-electron chi connectivity index (χ2n) is 6.38. The van der Waals surface area contributed by atoms with E-state index in [1.165, 1.54) is 34.6 Å². The second-order valence-corrected chi connectivity index (χ2v) is 9.54. The molecule has 1 aliphatic rings. The highest BCUT2D eigenvalue weighted by Gasteiger charge is 2.30. The summed E-state index contributed by atoms with van der Waals surface area (Å²) in [6.07, 6.45) is 1.54. The summed E-state index contributed by atoms with van der Waals surface area (Å²) in [4.78, 5) is 24.5. The molecule has 29 heavy (non-hydrogen) atoms. The molecule has 6 nitrogen and oxygen atoms in total. The van der Waals surface area contributed by atoms with Crippen LogP contribution in [0.15, 0.2) is 41.3 Å². The molecule has 2 aromatic rings. The highest BCUT2D eigenvalue weighted by Crippen LogP contribution is 2.28. The summed E-state index contributed by atoms with van der Waals surface area (Å²) in [5.74, 6) is -1.39. The molecule has 0 atom stereocenters. The van der Waals surface area contributed by atoms with E-state index in [4.69, 9.17) is 39.5 Å². The lowest BCUT2D eigenvalue weighted by Gasteiger charge is -2.17. The number of halogens is 3. The predicted octanol–water partition coefficient (Wildman–Crippen LogP) is 4.47. The van der Waals surface area contributed by atoms with Gasteiger partial charge in [0.2, 0.25) is 15.8 Å². The summed E-state index contributed by atoms with van der Waals surface area (Å²) in [6, 6.07) is 8.19. The van der Waals surface area contributed by atoms with E-state index in [1.54, 1.807) is 0 Å². The van der Waals surface area contributed by atoms with Crippen LogP contribution in [-0.2, 0) is 14.8 Å². The molecule has 0 spiro atoms. The lowest BCUT2D eigenvalue weighted by atomic mass is 10.1. The summed E-state index contributed by atoms with van der Waals surface area (Å²) in [5.41, 5.74) is 0.0949. The Morgan fingerprint density at radius 3 is 2.31 bits per heavy atom. The van der Waals surface area contributed by atoms with Crippen molar-refractivity contribution in [3.05, 3.63) is 62.6 Å². The quantitative estimate of drug-likeness (QED) is 0.454. The van der Waals surface area contributed by atoms with Gasteiger partial charge in [0.15, 0.2) is 6.61 Å². The van der Waals surface area contributed by atoms with Gasteiger partial charge in [-0.1, -0.05) is 34.8 Å². The number of carbonyl (C=O) groups is 2. The summed E-state index contributed by atoms with van der Waals surface area (Å²) in [5, 5.41) is 0.509. The molecule has 0 radical (unpaired) electrons. The second kappa shape index (κ2) is 9.02. The topological polar surface area (TPSA) is 80.8 Å². The molecule has 10 heteroatoms. The van der Waals surface area contributed by atoms with E-state index in [9.17, 15) is 18.0 Å². The molecule has 1 heterocycles. The number of rotatable bonds is 6. The van der Waals surface area contributed by atoms with Crippen LogP contribution in [0.25, 0.3) is 0 Å². The average Bonchev–Trinajstić information content (AvgIpc) is 3.23. The third-order valence-corrected chi connectivity index (χ3v) is 7.36. The molecule has 2 aromatic carbocycles. The predicted molar refractivity (Wildman–Crippen MR) is 111 cm³/mol. The summed E-state index contributed by atoms with van der Waals surface area (Å²) in [6.45, 7) is 0.236. The van der Waals surface area contributed by atoms with Crippen molar-refractivity contribution in [3.63, 3.8) is 0 Å². The minimum absolute atomic E-state index is 0.00948. The monoisotopic (exact) mass is 475 g/mol. The van der Waals surface area contributed by atoms with E-state index >= 15 is 0 Å². The summed E-state index contributed by atoms with van der Waals surface area (Å²) >= 11 is 17.9. The van der Waals surface area contributed by atoms with Crippen molar-refractivity contribution in [2.24, 2.45) is 0 Å². The first-order valence-electron chi connectivity index (χ1n) is 8.65. The Balaban J connectivity index is 1.76. The lowest BCUT2D eigenvalue weighted by molar-refractivity contribution is 0.0474. The zero-order chi connectivity index (χ0) is 21.2. The third kappa shape index (κ3) is 4.92. The number of hydrogen-bond acceptors (Lipinski definition) is 5. The van der Waals surface area contributed by atoms with Crippen molar-refractivity contribution in [2.45, 2.75) is 17.7 Å². The first-order valence-corrected chi connectivity index (χ1v) is 11.2. The van der Waals surface area contributed by atoms with Crippen molar-refractivity contribution in [2.75, 3.05) is 19.7 Å². The minimum Gasteiger partial charge on any atom is -0.454 e. The average molecular weight is 477 g/mol. The van der Waals surface area contributed by atoms with Crippen molar-refractivity contribution in [1.29, 1.82) is 0 Å². The van der Waals surface area contributed by atoms with Gasteiger partial charge in [-0.2, -0.15) is 4.31 Å². The maximum atomic E-state index is 12.8. The fourth-order valence-corrected chi connectivity index (χ4v) is 5.31. The molecule has 0 N–H and O–H groups in total. The van der Waals surface area contributed by atoms with Crippen molar-refractivity contribution >= 4 is 56.6 Å². The SMILES string of the molecule is O=C(OCC(=O)c1cc(Cl)ccc1Cl)c1ccc(Cl)c(S(=O)(=O)N2CCCC2)c1. The largest absolute Gasteiger partial charge is 0.454 e. The molecular weight excluding hydrogens is 461 g/mol. The Morgan fingerprint density at radius 2 is 1.62 bits per heavy atom. The van der Waals surface area contributed by atoms with Gasteiger partial charge in [-0.15, -0.1) is 0 Å². The molecule has 154 valence electrons. The fourth-order valence-electron chi connectivity index (χ4n) is 2.90. The number of ether oxygens (including phenoxy) is 1. The Morgan fingerprint density at radius 1 is 0.966 bits per heavy atom. The van der Waals surface area contributed by atoms with E-state index in [-0.39, 0.29) is 26.1 Å². The van der Waals surface area contributed by atoms with E-state index in [0.717, 1.165) is 18.9 Å². The van der Waals surface area contributed by atoms with E-state index in [1.807, 2.05) is 0 Å². The smallest absolute Gasteiger partial charge is 0.338 e. The van der Waals surface area contributed by atoms with Gasteiger partial charge in [-0.25, -0.2) is 13.2 Å². The lowest BCUT2D eigenvalue weighted by Crippen LogP contribution is -2.28. The Kier molecular flexibility index (Phi) is 6.86. The van der Waals surface area contributed by atoms with Crippen LogP contribution in [0.1, 0.15) is 33.6 Å². The molecule has 0 amide bonds. The van der Waals surface area contributed by atoms with Gasteiger partial charge in [0.05, 0.1) is 15.6 Å². The number of benzene rings is 2. The number of Topliss-reactive ketones (excluding diaryl/α,β-unsaturated/α-hetero) is 1. The highest BCUT2D eigenvalue weighted by atomic mass is 35.5. The molecule has 0 unspecified atom stereocenters. The van der Waals surface area contributed by atoms with Gasteiger partial charge in [0, 0.05) is 23.7 Å². The number of hydrogen-bond donors (Lipinski definition) is 0. The Labute approximate surface area is 183 Å². The fraction of sp³-hybridized carbons (Fsp3) is 0.263. The molecule has 0 saturated carbocycles. The normalized spacial score (nSPS) is 14.7. The Hall–Kier alpha value is -1.64. The van der Waals surface area contributed by atoms with E-state index < -0.39 is 28.4 Å².